The van der Waals surface area contributed by atoms with E-state index in [-0.39, 0.29) is 11.5 Å². The molecule has 0 radical (unpaired) electrons. The van der Waals surface area contributed by atoms with E-state index in [9.17, 15) is 9.90 Å². The van der Waals surface area contributed by atoms with Gasteiger partial charge in [0.05, 0.1) is 17.1 Å². The zero-order valence-corrected chi connectivity index (χ0v) is 16.8. The highest BCUT2D eigenvalue weighted by Gasteiger charge is 2.64. The van der Waals surface area contributed by atoms with Crippen molar-refractivity contribution in [2.24, 2.45) is 23.2 Å². The lowest BCUT2D eigenvalue weighted by Gasteiger charge is -2.66. The Bertz CT molecular complexity index is 958. The highest BCUT2D eigenvalue weighted by molar-refractivity contribution is 5.94. The predicted octanol–water partition coefficient (Wildman–Crippen LogP) is 4.69. The maximum absolute atomic E-state index is 13.4. The second kappa shape index (κ2) is 5.38. The standard InChI is InChI=1S/C25H29NO2/c1-24(2)22(20-9-5-7-16-6-3-4-8-19(16)20)26(23(24)27)21-17-10-15-11-18(21)14-25(28,12-15)13-17/h3-9,15,17-18,21-22,28H,10-14H2,1-2H3/t15?,17-,18-,21?,22?,25?/m0/s1. The Labute approximate surface area is 166 Å². The SMILES string of the molecule is CC1(C)C(=O)N(C2[C@H]3CC4C[C@H]2CC(O)(C4)C3)C1c1cccc2ccccc12. The van der Waals surface area contributed by atoms with Gasteiger partial charge in [0.1, 0.15) is 0 Å². The lowest BCUT2D eigenvalue weighted by atomic mass is 9.50. The fourth-order valence-electron chi connectivity index (χ4n) is 7.59. The fourth-order valence-corrected chi connectivity index (χ4v) is 7.59. The Morgan fingerprint density at radius 2 is 1.64 bits per heavy atom. The number of aliphatic hydroxyl groups is 1. The van der Waals surface area contributed by atoms with Gasteiger partial charge in [0.2, 0.25) is 5.91 Å². The average Bonchev–Trinajstić information content (AvgIpc) is 2.65. The molecule has 1 saturated heterocycles. The van der Waals surface area contributed by atoms with Gasteiger partial charge in [0.15, 0.2) is 0 Å². The second-order valence-electron chi connectivity index (χ2n) is 10.6. The van der Waals surface area contributed by atoms with Crippen LogP contribution in [0, 0.1) is 23.2 Å². The summed E-state index contributed by atoms with van der Waals surface area (Å²) in [6.07, 6.45) is 5.14. The van der Waals surface area contributed by atoms with Crippen LogP contribution < -0.4 is 0 Å². The molecule has 3 atom stereocenters. The first kappa shape index (κ1) is 17.0. The average molecular weight is 376 g/mol. The first-order chi connectivity index (χ1) is 13.4. The minimum atomic E-state index is -0.453. The maximum atomic E-state index is 13.4. The van der Waals surface area contributed by atoms with Gasteiger partial charge in [-0.15, -0.1) is 0 Å². The number of benzene rings is 2. The third-order valence-electron chi connectivity index (χ3n) is 8.38. The van der Waals surface area contributed by atoms with Crippen LogP contribution in [0.5, 0.6) is 0 Å². The van der Waals surface area contributed by atoms with Gasteiger partial charge in [-0.25, -0.2) is 0 Å². The van der Waals surface area contributed by atoms with Crippen LogP contribution in [0.1, 0.15) is 57.6 Å². The van der Waals surface area contributed by atoms with Gasteiger partial charge in [-0.2, -0.15) is 0 Å². The van der Waals surface area contributed by atoms with Crippen molar-refractivity contribution in [2.45, 2.75) is 63.6 Å². The third kappa shape index (κ3) is 2.11. The molecule has 1 aliphatic heterocycles. The van der Waals surface area contributed by atoms with Gasteiger partial charge >= 0.3 is 0 Å². The lowest BCUT2D eigenvalue weighted by Crippen LogP contribution is -2.71. The Kier molecular flexibility index (Phi) is 3.27. The molecule has 2 aromatic rings. The summed E-state index contributed by atoms with van der Waals surface area (Å²) in [5.41, 5.74) is 0.469. The molecule has 5 aliphatic rings. The van der Waals surface area contributed by atoms with Crippen molar-refractivity contribution in [2.75, 3.05) is 0 Å². The van der Waals surface area contributed by atoms with Crippen molar-refractivity contribution in [1.29, 1.82) is 0 Å². The molecule has 4 bridgehead atoms. The maximum Gasteiger partial charge on any atom is 0.231 e. The van der Waals surface area contributed by atoms with E-state index in [1.165, 1.54) is 29.2 Å². The van der Waals surface area contributed by atoms with Gasteiger partial charge in [0.25, 0.3) is 0 Å². The normalized spacial score (nSPS) is 40.8. The topological polar surface area (TPSA) is 40.5 Å². The van der Waals surface area contributed by atoms with Crippen molar-refractivity contribution in [1.82, 2.24) is 4.90 Å². The van der Waals surface area contributed by atoms with Gasteiger partial charge in [-0.3, -0.25) is 4.79 Å². The van der Waals surface area contributed by atoms with Crippen molar-refractivity contribution in [3.8, 4) is 0 Å². The van der Waals surface area contributed by atoms with Crippen LogP contribution >= 0.6 is 0 Å². The van der Waals surface area contributed by atoms with E-state index in [1.54, 1.807) is 0 Å². The Morgan fingerprint density at radius 1 is 0.964 bits per heavy atom. The van der Waals surface area contributed by atoms with Crippen molar-refractivity contribution in [3.05, 3.63) is 48.0 Å². The highest BCUT2D eigenvalue weighted by atomic mass is 16.3. The van der Waals surface area contributed by atoms with E-state index < -0.39 is 5.60 Å². The largest absolute Gasteiger partial charge is 0.390 e. The summed E-state index contributed by atoms with van der Waals surface area (Å²) in [4.78, 5) is 15.6. The molecule has 1 heterocycles. The third-order valence-corrected chi connectivity index (χ3v) is 8.38. The monoisotopic (exact) mass is 375 g/mol. The van der Waals surface area contributed by atoms with E-state index in [2.05, 4.69) is 61.2 Å². The predicted molar refractivity (Wildman–Crippen MR) is 110 cm³/mol. The Hall–Kier alpha value is -1.87. The van der Waals surface area contributed by atoms with Crippen molar-refractivity contribution in [3.63, 3.8) is 0 Å². The number of carbonyl (C=O) groups excluding carboxylic acids is 1. The van der Waals surface area contributed by atoms with Crippen LogP contribution in [0.3, 0.4) is 0 Å². The molecule has 146 valence electrons. The molecule has 2 aromatic carbocycles. The molecule has 4 aliphatic carbocycles. The molecule has 0 aromatic heterocycles. The van der Waals surface area contributed by atoms with Crippen LogP contribution in [0.2, 0.25) is 0 Å². The number of amides is 1. The molecule has 1 unspecified atom stereocenters. The number of likely N-dealkylation sites (tertiary alicyclic amines) is 1. The summed E-state index contributed by atoms with van der Waals surface area (Å²) in [7, 11) is 0. The number of carbonyl (C=O) groups is 1. The molecule has 28 heavy (non-hydrogen) atoms. The number of hydrogen-bond donors (Lipinski definition) is 1. The fraction of sp³-hybridized carbons (Fsp3) is 0.560. The van der Waals surface area contributed by atoms with Gasteiger partial charge in [-0.05, 0) is 80.0 Å². The summed E-state index contributed by atoms with van der Waals surface area (Å²) >= 11 is 0. The van der Waals surface area contributed by atoms with Crippen LogP contribution in [-0.2, 0) is 4.79 Å². The smallest absolute Gasteiger partial charge is 0.231 e. The molecule has 5 fully saturated rings. The molecule has 7 rings (SSSR count). The first-order valence-corrected chi connectivity index (χ1v) is 10.9. The van der Waals surface area contributed by atoms with E-state index in [0.29, 0.717) is 29.7 Å². The summed E-state index contributed by atoms with van der Waals surface area (Å²) < 4.78 is 0. The second-order valence-corrected chi connectivity index (χ2v) is 10.6. The van der Waals surface area contributed by atoms with E-state index in [0.717, 1.165) is 19.3 Å². The quantitative estimate of drug-likeness (QED) is 0.774. The summed E-state index contributed by atoms with van der Waals surface area (Å²) in [5.74, 6) is 1.90. The van der Waals surface area contributed by atoms with Gasteiger partial charge in [0, 0.05) is 6.04 Å². The molecule has 1 N–H and O–H groups in total. The number of β-lactam (4-membered cyclic amide) rings is 1. The highest BCUT2D eigenvalue weighted by Crippen LogP contribution is 2.62. The summed E-state index contributed by atoms with van der Waals surface area (Å²) in [5, 5.41) is 13.5. The van der Waals surface area contributed by atoms with Crippen LogP contribution in [0.25, 0.3) is 10.8 Å². The molecule has 3 nitrogen and oxygen atoms in total. The summed E-state index contributed by atoms with van der Waals surface area (Å²) in [6.45, 7) is 4.23. The lowest BCUT2D eigenvalue weighted by molar-refractivity contribution is -0.208. The van der Waals surface area contributed by atoms with Gasteiger partial charge < -0.3 is 10.0 Å². The number of fused-ring (bicyclic) bond motifs is 1. The van der Waals surface area contributed by atoms with Crippen LogP contribution in [0.4, 0.5) is 0 Å². The number of nitrogens with zero attached hydrogens (tertiary/aromatic N) is 1. The Morgan fingerprint density at radius 3 is 2.36 bits per heavy atom. The van der Waals surface area contributed by atoms with E-state index in [1.807, 2.05) is 0 Å². The summed E-state index contributed by atoms with van der Waals surface area (Å²) in [6, 6.07) is 15.5. The minimum Gasteiger partial charge on any atom is -0.390 e. The number of hydrogen-bond acceptors (Lipinski definition) is 2. The zero-order chi connectivity index (χ0) is 19.3. The zero-order valence-electron chi connectivity index (χ0n) is 16.8. The van der Waals surface area contributed by atoms with Crippen molar-refractivity contribution >= 4 is 16.7 Å². The Balaban J connectivity index is 1.44. The molecule has 3 heteroatoms. The molecule has 4 saturated carbocycles. The molecular weight excluding hydrogens is 346 g/mol. The van der Waals surface area contributed by atoms with Crippen molar-refractivity contribution < 1.29 is 9.90 Å². The number of rotatable bonds is 2. The molecular formula is C25H29NO2. The van der Waals surface area contributed by atoms with E-state index in [4.69, 9.17) is 0 Å². The minimum absolute atomic E-state index is 0.128. The first-order valence-electron chi connectivity index (χ1n) is 10.9. The van der Waals surface area contributed by atoms with Crippen LogP contribution in [-0.4, -0.2) is 27.6 Å². The van der Waals surface area contributed by atoms with E-state index >= 15 is 0 Å². The van der Waals surface area contributed by atoms with Crippen LogP contribution in [0.15, 0.2) is 42.5 Å². The molecule has 0 spiro atoms. The van der Waals surface area contributed by atoms with Gasteiger partial charge in [-0.1, -0.05) is 42.5 Å². The molecule has 1 amide bonds.